The standard InChI is InChI=1S/C18H32O4S/c1-2-17(23-9-8-19)13-10-14(16(21)11-15(13)20)18(22)12-6-4-3-5-7-12/h12-17,19-21H,2-11H2,1H3. The van der Waals surface area contributed by atoms with Crippen molar-refractivity contribution in [2.75, 3.05) is 12.4 Å². The highest BCUT2D eigenvalue weighted by Gasteiger charge is 2.43. The first-order valence-electron chi connectivity index (χ1n) is 9.20. The van der Waals surface area contributed by atoms with Gasteiger partial charge in [0.15, 0.2) is 0 Å². The van der Waals surface area contributed by atoms with Crippen LogP contribution in [0.5, 0.6) is 0 Å². The van der Waals surface area contributed by atoms with Gasteiger partial charge in [-0.1, -0.05) is 26.2 Å². The third-order valence-corrected chi connectivity index (χ3v) is 7.17. The summed E-state index contributed by atoms with van der Waals surface area (Å²) in [6.45, 7) is 2.22. The number of aliphatic hydroxyl groups excluding tert-OH is 3. The van der Waals surface area contributed by atoms with Crippen LogP contribution in [0, 0.1) is 17.8 Å². The molecule has 0 aromatic heterocycles. The zero-order chi connectivity index (χ0) is 16.8. The highest BCUT2D eigenvalue weighted by molar-refractivity contribution is 7.99. The van der Waals surface area contributed by atoms with E-state index in [1.807, 2.05) is 0 Å². The maximum atomic E-state index is 12.9. The van der Waals surface area contributed by atoms with Gasteiger partial charge in [-0.25, -0.2) is 0 Å². The van der Waals surface area contributed by atoms with Gasteiger partial charge in [0.1, 0.15) is 5.78 Å². The number of carbonyl (C=O) groups is 1. The predicted octanol–water partition coefficient (Wildman–Crippen LogP) is 2.39. The Kier molecular flexibility index (Phi) is 7.86. The van der Waals surface area contributed by atoms with E-state index in [2.05, 4.69) is 6.92 Å². The first-order valence-corrected chi connectivity index (χ1v) is 10.3. The van der Waals surface area contributed by atoms with E-state index in [1.165, 1.54) is 6.42 Å². The second kappa shape index (κ2) is 9.40. The predicted molar refractivity (Wildman–Crippen MR) is 93.4 cm³/mol. The molecule has 0 aliphatic heterocycles. The Morgan fingerprint density at radius 3 is 2.43 bits per heavy atom. The van der Waals surface area contributed by atoms with Crippen molar-refractivity contribution < 1.29 is 20.1 Å². The fourth-order valence-electron chi connectivity index (χ4n) is 4.34. The third kappa shape index (κ3) is 4.94. The third-order valence-electron chi connectivity index (χ3n) is 5.64. The fourth-order valence-corrected chi connectivity index (χ4v) is 5.52. The molecule has 0 aromatic carbocycles. The summed E-state index contributed by atoms with van der Waals surface area (Å²) in [4.78, 5) is 12.9. The van der Waals surface area contributed by atoms with Crippen molar-refractivity contribution in [1.29, 1.82) is 0 Å². The maximum Gasteiger partial charge on any atom is 0.141 e. The van der Waals surface area contributed by atoms with Crippen LogP contribution >= 0.6 is 11.8 Å². The van der Waals surface area contributed by atoms with Gasteiger partial charge in [-0.15, -0.1) is 0 Å². The maximum absolute atomic E-state index is 12.9. The molecule has 5 heteroatoms. The van der Waals surface area contributed by atoms with Gasteiger partial charge in [-0.05, 0) is 31.6 Å². The van der Waals surface area contributed by atoms with E-state index in [0.29, 0.717) is 18.6 Å². The summed E-state index contributed by atoms with van der Waals surface area (Å²) < 4.78 is 0. The van der Waals surface area contributed by atoms with E-state index in [1.54, 1.807) is 11.8 Å². The molecule has 0 saturated heterocycles. The van der Waals surface area contributed by atoms with Gasteiger partial charge in [0, 0.05) is 29.3 Å². The second-order valence-electron chi connectivity index (χ2n) is 7.15. The molecule has 2 rings (SSSR count). The summed E-state index contributed by atoms with van der Waals surface area (Å²) in [7, 11) is 0. The molecule has 0 spiro atoms. The number of rotatable bonds is 7. The molecule has 0 amide bonds. The van der Waals surface area contributed by atoms with Gasteiger partial charge in [-0.3, -0.25) is 4.79 Å². The van der Waals surface area contributed by atoms with Crippen LogP contribution in [0.15, 0.2) is 0 Å². The number of hydrogen-bond donors (Lipinski definition) is 3. The summed E-state index contributed by atoms with van der Waals surface area (Å²) in [6.07, 6.45) is 5.95. The molecule has 3 N–H and O–H groups in total. The van der Waals surface area contributed by atoms with E-state index >= 15 is 0 Å². The van der Waals surface area contributed by atoms with Gasteiger partial charge in [-0.2, -0.15) is 11.8 Å². The van der Waals surface area contributed by atoms with Gasteiger partial charge in [0.25, 0.3) is 0 Å². The Morgan fingerprint density at radius 2 is 1.83 bits per heavy atom. The second-order valence-corrected chi connectivity index (χ2v) is 8.50. The quantitative estimate of drug-likeness (QED) is 0.661. The number of thioether (sulfide) groups is 1. The molecule has 134 valence electrons. The monoisotopic (exact) mass is 344 g/mol. The van der Waals surface area contributed by atoms with Crippen molar-refractivity contribution in [3.63, 3.8) is 0 Å². The lowest BCUT2D eigenvalue weighted by molar-refractivity contribution is -0.137. The van der Waals surface area contributed by atoms with Crippen molar-refractivity contribution in [3.8, 4) is 0 Å². The van der Waals surface area contributed by atoms with Gasteiger partial charge in [0.05, 0.1) is 18.8 Å². The van der Waals surface area contributed by atoms with Crippen LogP contribution < -0.4 is 0 Å². The van der Waals surface area contributed by atoms with Crippen LogP contribution in [-0.2, 0) is 4.79 Å². The lowest BCUT2D eigenvalue weighted by Crippen LogP contribution is -2.47. The first-order chi connectivity index (χ1) is 11.1. The van der Waals surface area contributed by atoms with Gasteiger partial charge >= 0.3 is 0 Å². The molecular formula is C18H32O4S. The van der Waals surface area contributed by atoms with Gasteiger partial charge < -0.3 is 15.3 Å². The Labute approximate surface area is 144 Å². The number of carbonyl (C=O) groups excluding carboxylic acids is 1. The lowest BCUT2D eigenvalue weighted by atomic mass is 9.70. The SMILES string of the molecule is CCC(SCCO)C1CC(C(=O)C2CCCCC2)C(O)CC1O. The largest absolute Gasteiger partial charge is 0.396 e. The molecule has 0 radical (unpaired) electrons. The first kappa shape index (κ1) is 19.2. The molecule has 0 aromatic rings. The van der Waals surface area contributed by atoms with Crippen molar-refractivity contribution in [1.82, 2.24) is 0 Å². The molecule has 2 aliphatic rings. The minimum Gasteiger partial charge on any atom is -0.396 e. The Morgan fingerprint density at radius 1 is 1.13 bits per heavy atom. The Hall–Kier alpha value is -0.100. The molecule has 5 unspecified atom stereocenters. The molecular weight excluding hydrogens is 312 g/mol. The van der Waals surface area contributed by atoms with E-state index in [-0.39, 0.29) is 35.4 Å². The van der Waals surface area contributed by atoms with Crippen LogP contribution in [0.3, 0.4) is 0 Å². The van der Waals surface area contributed by atoms with E-state index in [9.17, 15) is 15.0 Å². The van der Waals surface area contributed by atoms with Gasteiger partial charge in [0.2, 0.25) is 0 Å². The normalized spacial score (nSPS) is 34.3. The minimum absolute atomic E-state index is 0.0393. The van der Waals surface area contributed by atoms with Crippen molar-refractivity contribution in [2.24, 2.45) is 17.8 Å². The highest BCUT2D eigenvalue weighted by atomic mass is 32.2. The number of ketones is 1. The van der Waals surface area contributed by atoms with Crippen LogP contribution in [-0.4, -0.2) is 50.9 Å². The number of Topliss-reactive ketones (excluding diaryl/α,β-unsaturated/α-hetero) is 1. The highest BCUT2D eigenvalue weighted by Crippen LogP contribution is 2.40. The van der Waals surface area contributed by atoms with Crippen LogP contribution in [0.1, 0.15) is 58.3 Å². The molecule has 2 saturated carbocycles. The van der Waals surface area contributed by atoms with Crippen molar-refractivity contribution in [3.05, 3.63) is 0 Å². The average molecular weight is 345 g/mol. The van der Waals surface area contributed by atoms with E-state index < -0.39 is 12.2 Å². The molecule has 5 atom stereocenters. The zero-order valence-electron chi connectivity index (χ0n) is 14.2. The van der Waals surface area contributed by atoms with Crippen LogP contribution in [0.2, 0.25) is 0 Å². The van der Waals surface area contributed by atoms with E-state index in [0.717, 1.165) is 32.1 Å². The molecule has 2 aliphatic carbocycles. The average Bonchev–Trinajstić information content (AvgIpc) is 2.57. The topological polar surface area (TPSA) is 77.8 Å². The number of hydrogen-bond acceptors (Lipinski definition) is 5. The lowest BCUT2D eigenvalue weighted by Gasteiger charge is -2.41. The summed E-state index contributed by atoms with van der Waals surface area (Å²) >= 11 is 1.68. The minimum atomic E-state index is -0.698. The summed E-state index contributed by atoms with van der Waals surface area (Å²) in [5.74, 6) is 0.735. The molecule has 0 heterocycles. The molecule has 2 fully saturated rings. The Balaban J connectivity index is 2.03. The molecule has 4 nitrogen and oxygen atoms in total. The van der Waals surface area contributed by atoms with Crippen molar-refractivity contribution in [2.45, 2.75) is 75.7 Å². The summed E-state index contributed by atoms with van der Waals surface area (Å²) in [5.41, 5.74) is 0. The van der Waals surface area contributed by atoms with Crippen LogP contribution in [0.25, 0.3) is 0 Å². The smallest absolute Gasteiger partial charge is 0.141 e. The summed E-state index contributed by atoms with van der Waals surface area (Å²) in [5, 5.41) is 30.1. The number of aliphatic hydroxyl groups is 3. The van der Waals surface area contributed by atoms with Crippen LogP contribution in [0.4, 0.5) is 0 Å². The summed E-state index contributed by atoms with van der Waals surface area (Å²) in [6, 6.07) is 0. The Bertz CT molecular complexity index is 370. The fraction of sp³-hybridized carbons (Fsp3) is 0.944. The van der Waals surface area contributed by atoms with E-state index in [4.69, 9.17) is 5.11 Å². The molecule has 23 heavy (non-hydrogen) atoms. The zero-order valence-corrected chi connectivity index (χ0v) is 15.0. The molecule has 0 bridgehead atoms. The van der Waals surface area contributed by atoms with Crippen molar-refractivity contribution >= 4 is 17.5 Å².